The first-order chi connectivity index (χ1) is 3.92. The Morgan fingerprint density at radius 1 is 1.56 bits per heavy atom. The summed E-state index contributed by atoms with van der Waals surface area (Å²) >= 11 is 0. The van der Waals surface area contributed by atoms with Crippen LogP contribution in [-0.2, 0) is 10.3 Å². The van der Waals surface area contributed by atoms with Gasteiger partial charge in [0.15, 0.2) is 0 Å². The van der Waals surface area contributed by atoms with Gasteiger partial charge in [-0.15, -0.1) is 0 Å². The van der Waals surface area contributed by atoms with E-state index in [1.807, 2.05) is 13.8 Å². The summed E-state index contributed by atoms with van der Waals surface area (Å²) in [6, 6.07) is 0. The molecule has 4 nitrogen and oxygen atoms in total. The lowest BCUT2D eigenvalue weighted by atomic mass is 10.2. The highest BCUT2D eigenvalue weighted by molar-refractivity contribution is 7.83. The van der Waals surface area contributed by atoms with Gasteiger partial charge in [0.25, 0.3) is 0 Å². The molecular weight excluding hydrogens is 142 g/mol. The highest BCUT2D eigenvalue weighted by Crippen LogP contribution is 1.89. The molecule has 0 spiro atoms. The monoisotopic (exact) mass is 152 g/mol. The van der Waals surface area contributed by atoms with E-state index < -0.39 is 10.3 Å². The van der Waals surface area contributed by atoms with Crippen molar-refractivity contribution in [3.8, 4) is 0 Å². The van der Waals surface area contributed by atoms with Crippen LogP contribution >= 0.6 is 0 Å². The minimum absolute atomic E-state index is 0.152. The van der Waals surface area contributed by atoms with Crippen LogP contribution in [0.15, 0.2) is 0 Å². The molecule has 0 amide bonds. The third-order valence-electron chi connectivity index (χ3n) is 0.603. The normalized spacial score (nSPS) is 12.4. The van der Waals surface area contributed by atoms with Gasteiger partial charge >= 0.3 is 10.3 Å². The van der Waals surface area contributed by atoms with E-state index in [1.54, 1.807) is 0 Å². The predicted octanol–water partition coefficient (Wildman–Crippen LogP) is 0.0496. The lowest BCUT2D eigenvalue weighted by Crippen LogP contribution is -2.19. The summed E-state index contributed by atoms with van der Waals surface area (Å²) in [5, 5.41) is 0. The van der Waals surface area contributed by atoms with Crippen molar-refractivity contribution in [2.75, 3.05) is 6.54 Å². The summed E-state index contributed by atoms with van der Waals surface area (Å²) in [5.74, 6) is 0.159. The minimum Gasteiger partial charge on any atom is -0.272 e. The summed E-state index contributed by atoms with van der Waals surface area (Å²) in [5.41, 5.74) is 0. The van der Waals surface area contributed by atoms with E-state index in [2.05, 4.69) is 4.72 Å². The largest absolute Gasteiger partial charge is 0.350 e. The van der Waals surface area contributed by atoms with Gasteiger partial charge < -0.3 is 0 Å². The SMILES string of the molecule is CC(C)C[N]S(=O)(=O)O. The van der Waals surface area contributed by atoms with E-state index in [-0.39, 0.29) is 12.5 Å². The zero-order valence-corrected chi connectivity index (χ0v) is 6.22. The van der Waals surface area contributed by atoms with E-state index in [9.17, 15) is 8.42 Å². The second kappa shape index (κ2) is 3.14. The zero-order valence-electron chi connectivity index (χ0n) is 5.40. The molecule has 0 rings (SSSR count). The molecule has 9 heavy (non-hydrogen) atoms. The molecule has 0 aliphatic rings. The summed E-state index contributed by atoms with van der Waals surface area (Å²) in [6.07, 6.45) is 0. The quantitative estimate of drug-likeness (QED) is 0.581. The van der Waals surface area contributed by atoms with Crippen LogP contribution in [0.4, 0.5) is 0 Å². The molecule has 55 valence electrons. The molecule has 0 aliphatic heterocycles. The molecule has 0 aromatic heterocycles. The number of hydrogen-bond donors (Lipinski definition) is 1. The molecule has 0 atom stereocenters. The first kappa shape index (κ1) is 8.87. The summed E-state index contributed by atoms with van der Waals surface area (Å²) < 4.78 is 30.9. The van der Waals surface area contributed by atoms with Crippen LogP contribution in [0.5, 0.6) is 0 Å². The average Bonchev–Trinajstić information content (AvgIpc) is 1.59. The van der Waals surface area contributed by atoms with E-state index in [0.29, 0.717) is 0 Å². The molecule has 0 saturated carbocycles. The van der Waals surface area contributed by atoms with Crippen molar-refractivity contribution in [1.29, 1.82) is 0 Å². The van der Waals surface area contributed by atoms with Gasteiger partial charge in [-0.05, 0) is 5.92 Å². The Kier molecular flexibility index (Phi) is 3.10. The maximum Gasteiger partial charge on any atom is 0.350 e. The molecule has 0 aromatic carbocycles. The fourth-order valence-corrected chi connectivity index (χ4v) is 0.730. The first-order valence-corrected chi connectivity index (χ1v) is 3.97. The van der Waals surface area contributed by atoms with Crippen LogP contribution in [0.1, 0.15) is 13.8 Å². The van der Waals surface area contributed by atoms with Crippen molar-refractivity contribution in [3.63, 3.8) is 0 Å². The molecule has 0 saturated heterocycles. The Bertz CT molecular complexity index is 161. The van der Waals surface area contributed by atoms with Crippen molar-refractivity contribution in [1.82, 2.24) is 4.72 Å². The Morgan fingerprint density at radius 2 is 2.00 bits per heavy atom. The lowest BCUT2D eigenvalue weighted by Gasteiger charge is -1.99. The van der Waals surface area contributed by atoms with E-state index in [4.69, 9.17) is 4.55 Å². The van der Waals surface area contributed by atoms with E-state index >= 15 is 0 Å². The highest BCUT2D eigenvalue weighted by Gasteiger charge is 2.04. The van der Waals surface area contributed by atoms with Gasteiger partial charge in [-0.3, -0.25) is 4.55 Å². The van der Waals surface area contributed by atoms with Crippen molar-refractivity contribution in [2.45, 2.75) is 13.8 Å². The molecule has 0 unspecified atom stereocenters. The van der Waals surface area contributed by atoms with Crippen LogP contribution < -0.4 is 4.72 Å². The molecule has 5 heteroatoms. The minimum atomic E-state index is -4.09. The fraction of sp³-hybridized carbons (Fsp3) is 1.00. The summed E-state index contributed by atoms with van der Waals surface area (Å²) in [4.78, 5) is 0. The Morgan fingerprint density at radius 3 is 2.11 bits per heavy atom. The van der Waals surface area contributed by atoms with Gasteiger partial charge in [-0.2, -0.15) is 8.42 Å². The van der Waals surface area contributed by atoms with Gasteiger partial charge in [0.05, 0.1) is 0 Å². The third-order valence-corrected chi connectivity index (χ3v) is 1.08. The molecule has 1 N–H and O–H groups in total. The smallest absolute Gasteiger partial charge is 0.272 e. The van der Waals surface area contributed by atoms with E-state index in [0.717, 1.165) is 0 Å². The standard InChI is InChI=1S/C4H10NO3S/c1-4(2)3-5-9(6,7)8/h4H,3H2,1-2H3,(H,6,7,8). The van der Waals surface area contributed by atoms with Crippen LogP contribution in [0.3, 0.4) is 0 Å². The molecule has 0 heterocycles. The molecule has 0 bridgehead atoms. The Labute approximate surface area is 55.1 Å². The van der Waals surface area contributed by atoms with Crippen molar-refractivity contribution in [2.24, 2.45) is 5.92 Å². The molecule has 0 aliphatic carbocycles. The van der Waals surface area contributed by atoms with E-state index in [1.165, 1.54) is 0 Å². The van der Waals surface area contributed by atoms with Gasteiger partial charge in [0.2, 0.25) is 0 Å². The first-order valence-electron chi connectivity index (χ1n) is 2.58. The zero-order chi connectivity index (χ0) is 7.49. The second-order valence-corrected chi connectivity index (χ2v) is 3.31. The predicted molar refractivity (Wildman–Crippen MR) is 33.4 cm³/mol. The third kappa shape index (κ3) is 7.87. The number of nitrogens with zero attached hydrogens (tertiary/aromatic N) is 1. The number of rotatable bonds is 3. The highest BCUT2D eigenvalue weighted by atomic mass is 32.2. The fourth-order valence-electron chi connectivity index (χ4n) is 0.243. The average molecular weight is 152 g/mol. The topological polar surface area (TPSA) is 68.5 Å². The number of hydrogen-bond acceptors (Lipinski definition) is 2. The molecule has 0 fully saturated rings. The van der Waals surface area contributed by atoms with Crippen molar-refractivity contribution < 1.29 is 13.0 Å². The second-order valence-electron chi connectivity index (χ2n) is 2.15. The van der Waals surface area contributed by atoms with Crippen LogP contribution in [0, 0.1) is 5.92 Å². The van der Waals surface area contributed by atoms with Crippen molar-refractivity contribution in [3.05, 3.63) is 0 Å². The van der Waals surface area contributed by atoms with Gasteiger partial charge in [-0.1, -0.05) is 18.6 Å². The lowest BCUT2D eigenvalue weighted by molar-refractivity contribution is 0.457. The van der Waals surface area contributed by atoms with Crippen LogP contribution in [0.2, 0.25) is 0 Å². The van der Waals surface area contributed by atoms with Gasteiger partial charge in [0, 0.05) is 6.54 Å². The molecule has 1 radical (unpaired) electrons. The van der Waals surface area contributed by atoms with Gasteiger partial charge in [-0.25, -0.2) is 0 Å². The molecular formula is C4H10NO3S. The van der Waals surface area contributed by atoms with Crippen molar-refractivity contribution >= 4 is 10.3 Å². The van der Waals surface area contributed by atoms with Gasteiger partial charge in [0.1, 0.15) is 0 Å². The van der Waals surface area contributed by atoms with Crippen LogP contribution in [0.25, 0.3) is 0 Å². The molecule has 0 aromatic rings. The Balaban J connectivity index is 3.53. The Hall–Kier alpha value is -0.130. The van der Waals surface area contributed by atoms with Crippen LogP contribution in [-0.4, -0.2) is 19.5 Å². The maximum absolute atomic E-state index is 9.92. The summed E-state index contributed by atoms with van der Waals surface area (Å²) in [6.45, 7) is 3.78. The maximum atomic E-state index is 9.92. The summed E-state index contributed by atoms with van der Waals surface area (Å²) in [7, 11) is -4.09.